The summed E-state index contributed by atoms with van der Waals surface area (Å²) in [7, 11) is 0. The van der Waals surface area contributed by atoms with Gasteiger partial charge in [0.2, 0.25) is 11.8 Å². The lowest BCUT2D eigenvalue weighted by atomic mass is 9.79. The zero-order chi connectivity index (χ0) is 14.0. The topological polar surface area (TPSA) is 49.4 Å². The first-order valence-electron chi connectivity index (χ1n) is 7.63. The summed E-state index contributed by atoms with van der Waals surface area (Å²) in [5.74, 6) is 1.44. The Hall–Kier alpha value is -0.900. The van der Waals surface area contributed by atoms with Gasteiger partial charge in [0.1, 0.15) is 0 Å². The maximum absolute atomic E-state index is 12.2. The van der Waals surface area contributed by atoms with E-state index in [9.17, 15) is 9.59 Å². The van der Waals surface area contributed by atoms with Gasteiger partial charge in [0.15, 0.2) is 0 Å². The van der Waals surface area contributed by atoms with E-state index in [0.29, 0.717) is 24.9 Å². The van der Waals surface area contributed by atoms with E-state index in [1.54, 1.807) is 0 Å². The van der Waals surface area contributed by atoms with Gasteiger partial charge in [-0.15, -0.1) is 0 Å². The smallest absolute Gasteiger partial charge is 0.246 e. The predicted molar refractivity (Wildman–Crippen MR) is 74.5 cm³/mol. The lowest BCUT2D eigenvalue weighted by Crippen LogP contribution is -2.46. The highest BCUT2D eigenvalue weighted by Gasteiger charge is 2.39. The Morgan fingerprint density at radius 2 is 1.95 bits per heavy atom. The van der Waals surface area contributed by atoms with Crippen LogP contribution >= 0.6 is 0 Å². The van der Waals surface area contributed by atoms with Gasteiger partial charge in [-0.3, -0.25) is 14.5 Å². The molecule has 1 heterocycles. The standard InChI is InChI=1S/C15H26N2O2/c1-4-7-17-14(18)9-13(15(17)19)16-12-6-5-10(2)11(3)8-12/h10-13,16H,4-9H2,1-3H3. The van der Waals surface area contributed by atoms with Gasteiger partial charge in [-0.05, 0) is 37.5 Å². The van der Waals surface area contributed by atoms with Crippen molar-refractivity contribution in [2.75, 3.05) is 6.54 Å². The summed E-state index contributed by atoms with van der Waals surface area (Å²) >= 11 is 0. The Morgan fingerprint density at radius 3 is 2.58 bits per heavy atom. The third-order valence-electron chi connectivity index (χ3n) is 4.73. The van der Waals surface area contributed by atoms with Gasteiger partial charge in [-0.2, -0.15) is 0 Å². The van der Waals surface area contributed by atoms with E-state index in [1.807, 2.05) is 6.92 Å². The van der Waals surface area contributed by atoms with Crippen molar-refractivity contribution < 1.29 is 9.59 Å². The van der Waals surface area contributed by atoms with Crippen LogP contribution in [0.15, 0.2) is 0 Å². The van der Waals surface area contributed by atoms with E-state index in [-0.39, 0.29) is 17.9 Å². The number of carbonyl (C=O) groups excluding carboxylic acids is 2. The number of imide groups is 1. The van der Waals surface area contributed by atoms with Crippen molar-refractivity contribution >= 4 is 11.8 Å². The minimum atomic E-state index is -0.273. The van der Waals surface area contributed by atoms with Crippen LogP contribution in [0.25, 0.3) is 0 Å². The van der Waals surface area contributed by atoms with E-state index in [0.717, 1.165) is 25.2 Å². The molecule has 4 unspecified atom stereocenters. The van der Waals surface area contributed by atoms with Crippen molar-refractivity contribution in [3.63, 3.8) is 0 Å². The highest BCUT2D eigenvalue weighted by atomic mass is 16.2. The van der Waals surface area contributed by atoms with Crippen molar-refractivity contribution in [2.45, 2.75) is 65.0 Å². The van der Waals surface area contributed by atoms with Gasteiger partial charge in [0, 0.05) is 12.6 Å². The van der Waals surface area contributed by atoms with Gasteiger partial charge >= 0.3 is 0 Å². The summed E-state index contributed by atoms with van der Waals surface area (Å²) < 4.78 is 0. The Balaban J connectivity index is 1.90. The van der Waals surface area contributed by atoms with Crippen LogP contribution in [0.4, 0.5) is 0 Å². The average molecular weight is 266 g/mol. The third kappa shape index (κ3) is 3.16. The van der Waals surface area contributed by atoms with E-state index >= 15 is 0 Å². The zero-order valence-electron chi connectivity index (χ0n) is 12.3. The first-order valence-corrected chi connectivity index (χ1v) is 7.63. The number of hydrogen-bond donors (Lipinski definition) is 1. The van der Waals surface area contributed by atoms with Crippen molar-refractivity contribution in [1.29, 1.82) is 0 Å². The number of likely N-dealkylation sites (tertiary alicyclic amines) is 1. The second kappa shape index (κ2) is 6.04. The van der Waals surface area contributed by atoms with Gasteiger partial charge in [0.25, 0.3) is 0 Å². The Kier molecular flexibility index (Phi) is 4.61. The van der Waals surface area contributed by atoms with Crippen LogP contribution in [0.2, 0.25) is 0 Å². The molecule has 4 heteroatoms. The molecule has 0 aromatic carbocycles. The molecular formula is C15H26N2O2. The summed E-state index contributed by atoms with van der Waals surface area (Å²) in [6, 6.07) is 0.124. The molecule has 2 amide bonds. The molecular weight excluding hydrogens is 240 g/mol. The van der Waals surface area contributed by atoms with Crippen LogP contribution in [0, 0.1) is 11.8 Å². The zero-order valence-corrected chi connectivity index (χ0v) is 12.3. The highest BCUT2D eigenvalue weighted by Crippen LogP contribution is 2.30. The normalized spacial score (nSPS) is 36.1. The van der Waals surface area contributed by atoms with Crippen LogP contribution in [0.5, 0.6) is 0 Å². The summed E-state index contributed by atoms with van der Waals surface area (Å²) in [6.07, 6.45) is 4.64. The molecule has 19 heavy (non-hydrogen) atoms. The molecule has 108 valence electrons. The molecule has 0 aromatic heterocycles. The quantitative estimate of drug-likeness (QED) is 0.791. The Morgan fingerprint density at radius 1 is 1.21 bits per heavy atom. The molecule has 2 aliphatic rings. The molecule has 4 nitrogen and oxygen atoms in total. The summed E-state index contributed by atoms with van der Waals surface area (Å²) in [5, 5.41) is 3.43. The molecule has 1 aliphatic heterocycles. The Labute approximate surface area is 115 Å². The SMILES string of the molecule is CCCN1C(=O)CC(NC2CCC(C)C(C)C2)C1=O. The van der Waals surface area contributed by atoms with Gasteiger partial charge in [-0.1, -0.05) is 20.8 Å². The molecule has 2 fully saturated rings. The average Bonchev–Trinajstić information content (AvgIpc) is 2.62. The highest BCUT2D eigenvalue weighted by molar-refractivity contribution is 6.05. The fourth-order valence-corrected chi connectivity index (χ4v) is 3.26. The Bertz CT molecular complexity index is 356. The molecule has 0 radical (unpaired) electrons. The monoisotopic (exact) mass is 266 g/mol. The molecule has 4 atom stereocenters. The maximum atomic E-state index is 12.2. The molecule has 1 aliphatic carbocycles. The number of nitrogens with zero attached hydrogens (tertiary/aromatic N) is 1. The van der Waals surface area contributed by atoms with Gasteiger partial charge in [0.05, 0.1) is 12.5 Å². The second-order valence-corrected chi connectivity index (χ2v) is 6.27. The molecule has 0 aromatic rings. The number of carbonyl (C=O) groups is 2. The van der Waals surface area contributed by atoms with Crippen molar-refractivity contribution in [3.05, 3.63) is 0 Å². The van der Waals surface area contributed by atoms with E-state index in [2.05, 4.69) is 19.2 Å². The largest absolute Gasteiger partial charge is 0.303 e. The fourth-order valence-electron chi connectivity index (χ4n) is 3.26. The minimum Gasteiger partial charge on any atom is -0.303 e. The summed E-state index contributed by atoms with van der Waals surface area (Å²) in [6.45, 7) is 7.14. The lowest BCUT2D eigenvalue weighted by Gasteiger charge is -2.33. The molecule has 2 rings (SSSR count). The summed E-state index contributed by atoms with van der Waals surface area (Å²) in [5.41, 5.74) is 0. The van der Waals surface area contributed by atoms with Crippen molar-refractivity contribution in [3.8, 4) is 0 Å². The molecule has 0 bridgehead atoms. The number of rotatable bonds is 4. The van der Waals surface area contributed by atoms with Gasteiger partial charge in [-0.25, -0.2) is 0 Å². The maximum Gasteiger partial charge on any atom is 0.246 e. The van der Waals surface area contributed by atoms with Crippen molar-refractivity contribution in [2.24, 2.45) is 11.8 Å². The van der Waals surface area contributed by atoms with Crippen LogP contribution in [0.1, 0.15) is 52.9 Å². The summed E-state index contributed by atoms with van der Waals surface area (Å²) in [4.78, 5) is 25.4. The molecule has 1 saturated carbocycles. The predicted octanol–water partition coefficient (Wildman–Crippen LogP) is 1.94. The number of amides is 2. The van der Waals surface area contributed by atoms with Crippen molar-refractivity contribution in [1.82, 2.24) is 10.2 Å². The molecule has 0 spiro atoms. The molecule has 1 saturated heterocycles. The van der Waals surface area contributed by atoms with Crippen LogP contribution in [-0.2, 0) is 9.59 Å². The van der Waals surface area contributed by atoms with E-state index in [1.165, 1.54) is 11.3 Å². The van der Waals surface area contributed by atoms with E-state index in [4.69, 9.17) is 0 Å². The van der Waals surface area contributed by atoms with Crippen LogP contribution in [0.3, 0.4) is 0 Å². The second-order valence-electron chi connectivity index (χ2n) is 6.27. The fraction of sp³-hybridized carbons (Fsp3) is 0.867. The minimum absolute atomic E-state index is 0.0124. The van der Waals surface area contributed by atoms with Gasteiger partial charge < -0.3 is 5.32 Å². The third-order valence-corrected chi connectivity index (χ3v) is 4.73. The first kappa shape index (κ1) is 14.5. The lowest BCUT2D eigenvalue weighted by molar-refractivity contribution is -0.138. The molecule has 1 N–H and O–H groups in total. The number of nitrogens with one attached hydrogen (secondary N) is 1. The van der Waals surface area contributed by atoms with E-state index < -0.39 is 0 Å². The first-order chi connectivity index (χ1) is 9.02. The van der Waals surface area contributed by atoms with Crippen LogP contribution < -0.4 is 5.32 Å². The number of hydrogen-bond acceptors (Lipinski definition) is 3. The van der Waals surface area contributed by atoms with Crippen LogP contribution in [-0.4, -0.2) is 35.3 Å².